The lowest BCUT2D eigenvalue weighted by Crippen LogP contribution is -1.88. The van der Waals surface area contributed by atoms with E-state index in [-0.39, 0.29) is 5.22 Å². The smallest absolute Gasteiger partial charge is 0.315 e. The van der Waals surface area contributed by atoms with Crippen molar-refractivity contribution in [1.82, 2.24) is 4.98 Å². The number of carbonyl (C=O) groups excluding carboxylic acids is 1. The molecule has 0 spiro atoms. The molecule has 6 heteroatoms. The van der Waals surface area contributed by atoms with Gasteiger partial charge in [-0.1, -0.05) is 0 Å². The van der Waals surface area contributed by atoms with E-state index in [4.69, 9.17) is 10.2 Å². The molecular formula is C9H8N2O3S. The molecule has 0 amide bonds. The van der Waals surface area contributed by atoms with Crippen LogP contribution in [0.5, 0.6) is 0 Å². The number of benzene rings is 1. The molecule has 2 rings (SSSR count). The standard InChI is InChI=1S/C9H8N2O3S/c1-5(12)14-15-9-11-7-3-2-6(10)4-8(7)13-9/h2-4H,10H2,1H3. The van der Waals surface area contributed by atoms with E-state index in [2.05, 4.69) is 9.17 Å². The lowest BCUT2D eigenvalue weighted by molar-refractivity contribution is -0.130. The molecule has 1 aromatic carbocycles. The number of rotatable bonds is 2. The quantitative estimate of drug-likeness (QED) is 0.620. The van der Waals surface area contributed by atoms with Gasteiger partial charge in [-0.2, -0.15) is 0 Å². The van der Waals surface area contributed by atoms with Crippen LogP contribution in [0.4, 0.5) is 5.69 Å². The summed E-state index contributed by atoms with van der Waals surface area (Å²) in [5, 5.41) is 0.283. The predicted octanol–water partition coefficient (Wildman–Crippen LogP) is 1.98. The third-order valence-electron chi connectivity index (χ3n) is 1.62. The van der Waals surface area contributed by atoms with Crippen LogP contribution >= 0.6 is 12.0 Å². The van der Waals surface area contributed by atoms with Crippen molar-refractivity contribution >= 4 is 34.8 Å². The molecule has 0 bridgehead atoms. The second kappa shape index (κ2) is 3.82. The molecule has 0 fully saturated rings. The maximum atomic E-state index is 10.6. The Balaban J connectivity index is 2.27. The lowest BCUT2D eigenvalue weighted by Gasteiger charge is -1.91. The van der Waals surface area contributed by atoms with Gasteiger partial charge in [0.25, 0.3) is 5.22 Å². The third kappa shape index (κ3) is 2.21. The fourth-order valence-corrected chi connectivity index (χ4v) is 1.50. The van der Waals surface area contributed by atoms with Gasteiger partial charge in [0, 0.05) is 18.7 Å². The van der Waals surface area contributed by atoms with Crippen LogP contribution in [0.3, 0.4) is 0 Å². The van der Waals surface area contributed by atoms with Crippen LogP contribution < -0.4 is 5.73 Å². The van der Waals surface area contributed by atoms with Crippen LogP contribution in [-0.2, 0) is 8.98 Å². The first-order valence-corrected chi connectivity index (χ1v) is 4.90. The summed E-state index contributed by atoms with van der Waals surface area (Å²) < 4.78 is 9.97. The van der Waals surface area contributed by atoms with Gasteiger partial charge in [-0.25, -0.2) is 4.98 Å². The zero-order valence-corrected chi connectivity index (χ0v) is 8.71. The number of carbonyl (C=O) groups is 1. The minimum Gasteiger partial charge on any atom is -0.429 e. The van der Waals surface area contributed by atoms with Crippen LogP contribution in [0.2, 0.25) is 0 Å². The highest BCUT2D eigenvalue weighted by molar-refractivity contribution is 7.94. The molecule has 0 saturated carbocycles. The number of nitrogens with two attached hydrogens (primary N) is 1. The van der Waals surface area contributed by atoms with Gasteiger partial charge in [-0.15, -0.1) is 0 Å². The largest absolute Gasteiger partial charge is 0.429 e. The molecule has 0 aliphatic rings. The Morgan fingerprint density at radius 1 is 1.60 bits per heavy atom. The van der Waals surface area contributed by atoms with Gasteiger partial charge in [0.15, 0.2) is 17.6 Å². The molecule has 0 aliphatic carbocycles. The number of anilines is 1. The molecule has 0 saturated heterocycles. The van der Waals surface area contributed by atoms with Gasteiger partial charge in [-0.3, -0.25) is 4.79 Å². The monoisotopic (exact) mass is 224 g/mol. The van der Waals surface area contributed by atoms with Gasteiger partial charge in [-0.05, 0) is 12.1 Å². The summed E-state index contributed by atoms with van der Waals surface area (Å²) in [5.74, 6) is -0.401. The van der Waals surface area contributed by atoms with Crippen LogP contribution in [0, 0.1) is 0 Å². The zero-order valence-electron chi connectivity index (χ0n) is 7.89. The van der Waals surface area contributed by atoms with E-state index in [1.807, 2.05) is 0 Å². The van der Waals surface area contributed by atoms with Crippen molar-refractivity contribution in [3.05, 3.63) is 18.2 Å². The maximum Gasteiger partial charge on any atom is 0.315 e. The molecule has 2 N–H and O–H groups in total. The van der Waals surface area contributed by atoms with Crippen molar-refractivity contribution < 1.29 is 13.4 Å². The summed E-state index contributed by atoms with van der Waals surface area (Å²) in [7, 11) is 0. The average Bonchev–Trinajstić information content (AvgIpc) is 2.56. The molecule has 1 aromatic heterocycles. The van der Waals surface area contributed by atoms with Gasteiger partial charge in [0.05, 0.1) is 0 Å². The molecule has 2 aromatic rings. The van der Waals surface area contributed by atoms with Gasteiger partial charge in [0.2, 0.25) is 0 Å². The number of fused-ring (bicyclic) bond motifs is 1. The molecule has 0 atom stereocenters. The highest BCUT2D eigenvalue weighted by Crippen LogP contribution is 2.25. The summed E-state index contributed by atoms with van der Waals surface area (Å²) in [6, 6.07) is 5.14. The summed E-state index contributed by atoms with van der Waals surface area (Å²) in [6.07, 6.45) is 0. The Morgan fingerprint density at radius 2 is 2.40 bits per heavy atom. The summed E-state index contributed by atoms with van der Waals surface area (Å²) in [5.41, 5.74) is 7.43. The van der Waals surface area contributed by atoms with Crippen LogP contribution in [0.1, 0.15) is 6.92 Å². The van der Waals surface area contributed by atoms with Crippen molar-refractivity contribution in [2.24, 2.45) is 0 Å². The average molecular weight is 224 g/mol. The van der Waals surface area contributed by atoms with Crippen LogP contribution in [0.15, 0.2) is 27.8 Å². The molecule has 0 unspecified atom stereocenters. The fraction of sp³-hybridized carbons (Fsp3) is 0.111. The number of nitrogens with zero attached hydrogens (tertiary/aromatic N) is 1. The van der Waals surface area contributed by atoms with Crippen molar-refractivity contribution in [3.8, 4) is 0 Å². The molecule has 0 aliphatic heterocycles. The Kier molecular flexibility index (Phi) is 2.51. The van der Waals surface area contributed by atoms with Crippen LogP contribution in [-0.4, -0.2) is 11.0 Å². The SMILES string of the molecule is CC(=O)OSc1nc2ccc(N)cc2o1. The van der Waals surface area contributed by atoms with Gasteiger partial charge < -0.3 is 14.3 Å². The first kappa shape index (κ1) is 9.85. The number of hydrogen-bond acceptors (Lipinski definition) is 6. The summed E-state index contributed by atoms with van der Waals surface area (Å²) >= 11 is 0.792. The van der Waals surface area contributed by atoms with E-state index in [0.717, 1.165) is 12.0 Å². The van der Waals surface area contributed by atoms with Gasteiger partial charge in [0.1, 0.15) is 5.52 Å². The normalized spacial score (nSPS) is 10.5. The number of oxazole rings is 1. The Morgan fingerprint density at radius 3 is 3.13 bits per heavy atom. The first-order valence-electron chi connectivity index (χ1n) is 4.16. The Bertz CT molecular complexity index is 509. The molecule has 1 heterocycles. The number of hydrogen-bond donors (Lipinski definition) is 1. The second-order valence-corrected chi connectivity index (χ2v) is 3.55. The highest BCUT2D eigenvalue weighted by Gasteiger charge is 2.08. The zero-order chi connectivity index (χ0) is 10.8. The third-order valence-corrected chi connectivity index (χ3v) is 2.26. The van der Waals surface area contributed by atoms with Crippen molar-refractivity contribution in [1.29, 1.82) is 0 Å². The van der Waals surface area contributed by atoms with Crippen LogP contribution in [0.25, 0.3) is 11.1 Å². The number of aromatic nitrogens is 1. The molecule has 0 radical (unpaired) electrons. The minimum atomic E-state index is -0.401. The first-order chi connectivity index (χ1) is 7.15. The number of nitrogen functional groups attached to an aromatic ring is 1. The van der Waals surface area contributed by atoms with Crippen molar-refractivity contribution in [3.63, 3.8) is 0 Å². The lowest BCUT2D eigenvalue weighted by atomic mass is 10.3. The van der Waals surface area contributed by atoms with E-state index >= 15 is 0 Å². The topological polar surface area (TPSA) is 78.3 Å². The summed E-state index contributed by atoms with van der Waals surface area (Å²) in [6.45, 7) is 1.31. The predicted molar refractivity (Wildman–Crippen MR) is 56.0 cm³/mol. The molecular weight excluding hydrogens is 216 g/mol. The van der Waals surface area contributed by atoms with Gasteiger partial charge >= 0.3 is 5.97 Å². The molecule has 78 valence electrons. The minimum absolute atomic E-state index is 0.283. The van der Waals surface area contributed by atoms with E-state index in [1.54, 1.807) is 18.2 Å². The Hall–Kier alpha value is -1.69. The van der Waals surface area contributed by atoms with E-state index in [1.165, 1.54) is 6.92 Å². The molecule has 5 nitrogen and oxygen atoms in total. The van der Waals surface area contributed by atoms with Crippen molar-refractivity contribution in [2.45, 2.75) is 12.1 Å². The van der Waals surface area contributed by atoms with E-state index in [0.29, 0.717) is 16.8 Å². The second-order valence-electron chi connectivity index (χ2n) is 2.87. The Labute approximate surface area is 89.8 Å². The van der Waals surface area contributed by atoms with E-state index in [9.17, 15) is 4.79 Å². The highest BCUT2D eigenvalue weighted by atomic mass is 32.2. The maximum absolute atomic E-state index is 10.6. The van der Waals surface area contributed by atoms with Crippen molar-refractivity contribution in [2.75, 3.05) is 5.73 Å². The fourth-order valence-electron chi connectivity index (χ4n) is 1.05. The van der Waals surface area contributed by atoms with E-state index < -0.39 is 5.97 Å². The molecule has 15 heavy (non-hydrogen) atoms. The summed E-state index contributed by atoms with van der Waals surface area (Å²) in [4.78, 5) is 14.6.